The summed E-state index contributed by atoms with van der Waals surface area (Å²) >= 11 is 0. The van der Waals surface area contributed by atoms with E-state index in [0.717, 1.165) is 12.2 Å². The largest absolute Gasteiger partial charge is 0.384 e. The number of carbonyl (C=O) groups is 1. The van der Waals surface area contributed by atoms with E-state index in [0.29, 0.717) is 11.5 Å². The summed E-state index contributed by atoms with van der Waals surface area (Å²) in [6.45, 7) is 1.04. The zero-order chi connectivity index (χ0) is 15.2. The average Bonchev–Trinajstić information content (AvgIpc) is 2.47. The molecule has 1 fully saturated rings. The molecule has 1 saturated carbocycles. The number of benzene rings is 1. The molecule has 1 aromatic rings. The first-order chi connectivity index (χ1) is 10.1. The van der Waals surface area contributed by atoms with Crippen molar-refractivity contribution in [2.45, 2.75) is 32.1 Å². The topological polar surface area (TPSA) is 96.2 Å². The van der Waals surface area contributed by atoms with Crippen LogP contribution < -0.4 is 16.4 Å². The van der Waals surface area contributed by atoms with Crippen molar-refractivity contribution in [1.82, 2.24) is 0 Å². The predicted molar refractivity (Wildman–Crippen MR) is 85.4 cm³/mol. The van der Waals surface area contributed by atoms with Gasteiger partial charge in [0, 0.05) is 17.8 Å². The lowest BCUT2D eigenvalue weighted by Gasteiger charge is -2.30. The third kappa shape index (κ3) is 4.48. The molecule has 0 heterocycles. The molecule has 0 bridgehead atoms. The summed E-state index contributed by atoms with van der Waals surface area (Å²) in [5, 5.41) is 7.54. The highest BCUT2D eigenvalue weighted by atomic mass is 16.1. The van der Waals surface area contributed by atoms with Crippen molar-refractivity contribution < 1.29 is 4.79 Å². The summed E-state index contributed by atoms with van der Waals surface area (Å²) in [6, 6.07) is 7.46. The molecule has 5 N–H and O–H groups in total. The molecule has 2 rings (SSSR count). The number of nitrogen functional groups attached to an aromatic ring is 1. The zero-order valence-electron chi connectivity index (χ0n) is 12.3. The normalized spacial score (nSPS) is 15.6. The van der Waals surface area contributed by atoms with Gasteiger partial charge in [0.25, 0.3) is 0 Å². The van der Waals surface area contributed by atoms with Crippen LogP contribution in [0.1, 0.15) is 37.7 Å². The highest BCUT2D eigenvalue weighted by Gasteiger charge is 2.19. The number of hydrogen-bond donors (Lipinski definition) is 3. The monoisotopic (exact) mass is 288 g/mol. The van der Waals surface area contributed by atoms with Gasteiger partial charge in [-0.15, -0.1) is 0 Å². The number of anilines is 1. The zero-order valence-corrected chi connectivity index (χ0v) is 12.3. The summed E-state index contributed by atoms with van der Waals surface area (Å²) in [5.74, 6) is 0.312. The maximum absolute atomic E-state index is 11.4. The Morgan fingerprint density at radius 3 is 2.57 bits per heavy atom. The van der Waals surface area contributed by atoms with E-state index in [2.05, 4.69) is 0 Å². The van der Waals surface area contributed by atoms with Crippen molar-refractivity contribution >= 4 is 17.4 Å². The molecule has 1 aliphatic rings. The molecule has 0 radical (unpaired) electrons. The fraction of sp³-hybridized carbons (Fsp3) is 0.500. The van der Waals surface area contributed by atoms with E-state index < -0.39 is 0 Å². The maximum atomic E-state index is 11.4. The SMILES string of the molecule is N=C(N)c1cccc(N(CC(N)=O)CC2CCCCC2)c1. The lowest BCUT2D eigenvalue weighted by molar-refractivity contribution is -0.116. The molecule has 5 heteroatoms. The van der Waals surface area contributed by atoms with Gasteiger partial charge in [-0.3, -0.25) is 10.2 Å². The van der Waals surface area contributed by atoms with Crippen LogP contribution in [0.15, 0.2) is 24.3 Å². The van der Waals surface area contributed by atoms with Crippen LogP contribution in [-0.2, 0) is 4.79 Å². The number of nitrogens with one attached hydrogen (secondary N) is 1. The molecule has 0 spiro atoms. The van der Waals surface area contributed by atoms with Crippen molar-refractivity contribution in [1.29, 1.82) is 5.41 Å². The van der Waals surface area contributed by atoms with Crippen molar-refractivity contribution in [3.8, 4) is 0 Å². The molecule has 0 aromatic heterocycles. The first kappa shape index (κ1) is 15.4. The number of nitrogens with zero attached hydrogens (tertiary/aromatic N) is 1. The van der Waals surface area contributed by atoms with Gasteiger partial charge in [0.15, 0.2) is 0 Å². The quantitative estimate of drug-likeness (QED) is 0.550. The summed E-state index contributed by atoms with van der Waals surface area (Å²) in [4.78, 5) is 13.4. The summed E-state index contributed by atoms with van der Waals surface area (Å²) in [5.41, 5.74) is 12.5. The third-order valence-corrected chi connectivity index (χ3v) is 4.07. The van der Waals surface area contributed by atoms with Gasteiger partial charge in [-0.1, -0.05) is 31.4 Å². The van der Waals surface area contributed by atoms with Crippen LogP contribution in [-0.4, -0.2) is 24.8 Å². The highest BCUT2D eigenvalue weighted by molar-refractivity contribution is 5.96. The van der Waals surface area contributed by atoms with Crippen LogP contribution in [0.3, 0.4) is 0 Å². The Hall–Kier alpha value is -2.04. The van der Waals surface area contributed by atoms with Crippen LogP contribution in [0.4, 0.5) is 5.69 Å². The van der Waals surface area contributed by atoms with E-state index >= 15 is 0 Å². The number of hydrogen-bond acceptors (Lipinski definition) is 3. The molecule has 5 nitrogen and oxygen atoms in total. The van der Waals surface area contributed by atoms with Gasteiger partial charge < -0.3 is 16.4 Å². The number of primary amides is 1. The maximum Gasteiger partial charge on any atom is 0.236 e. The molecule has 0 saturated heterocycles. The summed E-state index contributed by atoms with van der Waals surface area (Å²) < 4.78 is 0. The minimum Gasteiger partial charge on any atom is -0.384 e. The van der Waals surface area contributed by atoms with E-state index in [1.54, 1.807) is 6.07 Å². The molecule has 21 heavy (non-hydrogen) atoms. The minimum atomic E-state index is -0.334. The van der Waals surface area contributed by atoms with Crippen molar-refractivity contribution in [2.24, 2.45) is 17.4 Å². The molecular weight excluding hydrogens is 264 g/mol. The van der Waals surface area contributed by atoms with Gasteiger partial charge in [0.05, 0.1) is 6.54 Å². The Morgan fingerprint density at radius 1 is 1.24 bits per heavy atom. The Morgan fingerprint density at radius 2 is 1.95 bits per heavy atom. The molecular formula is C16H24N4O. The Kier molecular flexibility index (Phi) is 5.20. The average molecular weight is 288 g/mol. The second-order valence-corrected chi connectivity index (χ2v) is 5.81. The van der Waals surface area contributed by atoms with Crippen LogP contribution in [0.5, 0.6) is 0 Å². The van der Waals surface area contributed by atoms with Gasteiger partial charge >= 0.3 is 0 Å². The van der Waals surface area contributed by atoms with Crippen LogP contribution in [0.25, 0.3) is 0 Å². The third-order valence-electron chi connectivity index (χ3n) is 4.07. The summed E-state index contributed by atoms with van der Waals surface area (Å²) in [6.07, 6.45) is 6.26. The summed E-state index contributed by atoms with van der Waals surface area (Å²) in [7, 11) is 0. The fourth-order valence-electron chi connectivity index (χ4n) is 3.00. The fourth-order valence-corrected chi connectivity index (χ4v) is 3.00. The number of carbonyl (C=O) groups excluding carboxylic acids is 1. The van der Waals surface area contributed by atoms with Gasteiger partial charge in [-0.05, 0) is 30.9 Å². The second-order valence-electron chi connectivity index (χ2n) is 5.81. The Balaban J connectivity index is 2.16. The number of rotatable bonds is 6. The number of amidine groups is 1. The van der Waals surface area contributed by atoms with E-state index in [1.807, 2.05) is 23.1 Å². The molecule has 0 unspecified atom stereocenters. The van der Waals surface area contributed by atoms with Crippen LogP contribution >= 0.6 is 0 Å². The molecule has 1 aliphatic carbocycles. The van der Waals surface area contributed by atoms with Gasteiger partial charge in [0.1, 0.15) is 5.84 Å². The van der Waals surface area contributed by atoms with Crippen molar-refractivity contribution in [3.63, 3.8) is 0 Å². The molecule has 1 amide bonds. The number of amides is 1. The van der Waals surface area contributed by atoms with Gasteiger partial charge in [-0.2, -0.15) is 0 Å². The lowest BCUT2D eigenvalue weighted by Crippen LogP contribution is -2.37. The minimum absolute atomic E-state index is 0.0357. The van der Waals surface area contributed by atoms with E-state index in [1.165, 1.54) is 32.1 Å². The first-order valence-electron chi connectivity index (χ1n) is 7.54. The second kappa shape index (κ2) is 7.11. The first-order valence-corrected chi connectivity index (χ1v) is 7.54. The van der Waals surface area contributed by atoms with Gasteiger partial charge in [-0.25, -0.2) is 0 Å². The van der Waals surface area contributed by atoms with E-state index in [9.17, 15) is 4.79 Å². The Bertz CT molecular complexity index is 509. The van der Waals surface area contributed by atoms with Crippen molar-refractivity contribution in [2.75, 3.05) is 18.0 Å². The molecule has 0 aliphatic heterocycles. The number of nitrogens with two attached hydrogens (primary N) is 2. The lowest BCUT2D eigenvalue weighted by atomic mass is 9.89. The molecule has 0 atom stereocenters. The van der Waals surface area contributed by atoms with Gasteiger partial charge in [0.2, 0.25) is 5.91 Å². The highest BCUT2D eigenvalue weighted by Crippen LogP contribution is 2.26. The van der Waals surface area contributed by atoms with Crippen LogP contribution in [0.2, 0.25) is 0 Å². The van der Waals surface area contributed by atoms with Crippen molar-refractivity contribution in [3.05, 3.63) is 29.8 Å². The predicted octanol–water partition coefficient (Wildman–Crippen LogP) is 1.84. The van der Waals surface area contributed by atoms with E-state index in [4.69, 9.17) is 16.9 Å². The van der Waals surface area contributed by atoms with Crippen LogP contribution in [0, 0.1) is 11.3 Å². The molecule has 1 aromatic carbocycles. The van der Waals surface area contributed by atoms with E-state index in [-0.39, 0.29) is 18.3 Å². The standard InChI is InChI=1S/C16H24N4O/c17-15(21)11-20(10-12-5-2-1-3-6-12)14-8-4-7-13(9-14)16(18)19/h4,7-9,12H,1-3,5-6,10-11H2,(H2,17,21)(H3,18,19). The molecule has 114 valence electrons. The Labute approximate surface area is 125 Å². The smallest absolute Gasteiger partial charge is 0.236 e.